The van der Waals surface area contributed by atoms with Gasteiger partial charge in [0.1, 0.15) is 11.9 Å². The topological polar surface area (TPSA) is 21.3 Å². The zero-order valence-corrected chi connectivity index (χ0v) is 10.7. The maximum atomic E-state index is 5.91. The molecule has 1 fully saturated rings. The van der Waals surface area contributed by atoms with E-state index in [1.165, 1.54) is 5.56 Å². The number of hydrogen-bond donors (Lipinski definition) is 1. The van der Waals surface area contributed by atoms with Crippen LogP contribution in [0.1, 0.15) is 25.3 Å². The second-order valence-corrected chi connectivity index (χ2v) is 5.15. The fraction of sp³-hybridized carbons (Fsp3) is 0.500. The summed E-state index contributed by atoms with van der Waals surface area (Å²) in [6.45, 7) is 6.31. The van der Waals surface area contributed by atoms with Gasteiger partial charge in [0.15, 0.2) is 0 Å². The molecule has 0 bridgehead atoms. The van der Waals surface area contributed by atoms with Gasteiger partial charge in [0.2, 0.25) is 0 Å². The number of rotatable bonds is 3. The van der Waals surface area contributed by atoms with Gasteiger partial charge in [-0.3, -0.25) is 0 Å². The van der Waals surface area contributed by atoms with Crippen molar-refractivity contribution in [1.82, 2.24) is 5.32 Å². The number of benzene rings is 1. The molecule has 0 saturated carbocycles. The van der Waals surface area contributed by atoms with Crippen LogP contribution in [0.5, 0.6) is 5.75 Å². The highest BCUT2D eigenvalue weighted by Crippen LogP contribution is 2.30. The smallest absolute Gasteiger partial charge is 0.123 e. The Bertz CT molecular complexity index is 347. The highest BCUT2D eigenvalue weighted by atomic mass is 79.9. The summed E-state index contributed by atoms with van der Waals surface area (Å²) < 4.78 is 7.03. The average Bonchev–Trinajstić information content (AvgIpc) is 2.12. The van der Waals surface area contributed by atoms with E-state index in [-0.39, 0.29) is 0 Å². The van der Waals surface area contributed by atoms with Crippen LogP contribution in [0.3, 0.4) is 0 Å². The molecule has 15 heavy (non-hydrogen) atoms. The van der Waals surface area contributed by atoms with Crippen LogP contribution in [0.4, 0.5) is 0 Å². The Kier molecular flexibility index (Phi) is 3.32. The minimum absolute atomic E-state index is 0.351. The zero-order valence-electron chi connectivity index (χ0n) is 9.09. The van der Waals surface area contributed by atoms with Crippen LogP contribution in [0.15, 0.2) is 22.7 Å². The molecule has 1 saturated heterocycles. The second-order valence-electron chi connectivity index (χ2n) is 4.23. The lowest BCUT2D eigenvalue weighted by atomic mass is 10.0. The lowest BCUT2D eigenvalue weighted by Crippen LogP contribution is -2.50. The van der Waals surface area contributed by atoms with Crippen LogP contribution in [0.2, 0.25) is 0 Å². The monoisotopic (exact) mass is 269 g/mol. The molecule has 0 aromatic heterocycles. The van der Waals surface area contributed by atoms with E-state index < -0.39 is 0 Å². The lowest BCUT2D eigenvalue weighted by Gasteiger charge is -2.29. The summed E-state index contributed by atoms with van der Waals surface area (Å²) in [6, 6.07) is 6.23. The summed E-state index contributed by atoms with van der Waals surface area (Å²) in [4.78, 5) is 0. The molecular formula is C12H16BrNO. The number of nitrogens with one attached hydrogen (secondary N) is 1. The summed E-state index contributed by atoms with van der Waals surface area (Å²) >= 11 is 3.49. The van der Waals surface area contributed by atoms with Gasteiger partial charge in [-0.05, 0) is 29.7 Å². The van der Waals surface area contributed by atoms with Crippen molar-refractivity contribution in [2.24, 2.45) is 0 Å². The number of hydrogen-bond acceptors (Lipinski definition) is 2. The first-order chi connectivity index (χ1) is 7.16. The van der Waals surface area contributed by atoms with E-state index >= 15 is 0 Å². The molecule has 0 amide bonds. The second kappa shape index (κ2) is 4.54. The predicted molar refractivity (Wildman–Crippen MR) is 65.5 cm³/mol. The third-order valence-electron chi connectivity index (χ3n) is 2.63. The molecule has 0 aliphatic carbocycles. The average molecular weight is 270 g/mol. The van der Waals surface area contributed by atoms with Gasteiger partial charge in [0, 0.05) is 17.6 Å². The Morgan fingerprint density at radius 3 is 2.67 bits per heavy atom. The van der Waals surface area contributed by atoms with E-state index in [1.807, 2.05) is 6.07 Å². The fourth-order valence-corrected chi connectivity index (χ4v) is 1.98. The fourth-order valence-electron chi connectivity index (χ4n) is 1.60. The Balaban J connectivity index is 2.20. The maximum absolute atomic E-state index is 5.91. The minimum atomic E-state index is 0.351. The summed E-state index contributed by atoms with van der Waals surface area (Å²) in [5.41, 5.74) is 1.27. The van der Waals surface area contributed by atoms with Crippen molar-refractivity contribution in [3.05, 3.63) is 28.2 Å². The molecule has 0 spiro atoms. The van der Waals surface area contributed by atoms with Crippen molar-refractivity contribution >= 4 is 15.9 Å². The van der Waals surface area contributed by atoms with Gasteiger partial charge in [-0.15, -0.1) is 0 Å². The molecule has 1 aliphatic heterocycles. The van der Waals surface area contributed by atoms with Crippen molar-refractivity contribution in [2.45, 2.75) is 25.9 Å². The van der Waals surface area contributed by atoms with E-state index in [4.69, 9.17) is 4.74 Å². The van der Waals surface area contributed by atoms with Crippen molar-refractivity contribution < 1.29 is 4.74 Å². The Morgan fingerprint density at radius 2 is 2.13 bits per heavy atom. The van der Waals surface area contributed by atoms with E-state index in [2.05, 4.69) is 47.2 Å². The maximum Gasteiger partial charge on any atom is 0.123 e. The Labute approximate surface area is 99.1 Å². The molecule has 1 aromatic carbocycles. The van der Waals surface area contributed by atoms with Crippen LogP contribution in [0, 0.1) is 0 Å². The minimum Gasteiger partial charge on any atom is -0.487 e. The van der Waals surface area contributed by atoms with Crippen molar-refractivity contribution in [2.75, 3.05) is 13.1 Å². The van der Waals surface area contributed by atoms with Gasteiger partial charge >= 0.3 is 0 Å². The summed E-state index contributed by atoms with van der Waals surface area (Å²) in [5.74, 6) is 1.52. The van der Waals surface area contributed by atoms with Gasteiger partial charge in [-0.2, -0.15) is 0 Å². The molecule has 0 atom stereocenters. The molecule has 0 radical (unpaired) electrons. The van der Waals surface area contributed by atoms with Crippen LogP contribution < -0.4 is 10.1 Å². The molecule has 2 nitrogen and oxygen atoms in total. The van der Waals surface area contributed by atoms with E-state index in [1.54, 1.807) is 0 Å². The third kappa shape index (κ3) is 2.52. The van der Waals surface area contributed by atoms with E-state index in [0.29, 0.717) is 12.0 Å². The van der Waals surface area contributed by atoms with E-state index in [9.17, 15) is 0 Å². The van der Waals surface area contributed by atoms with Crippen LogP contribution in [0.25, 0.3) is 0 Å². The molecule has 0 unspecified atom stereocenters. The first kappa shape index (κ1) is 11.0. The van der Waals surface area contributed by atoms with Gasteiger partial charge in [-0.1, -0.05) is 29.8 Å². The summed E-state index contributed by atoms with van der Waals surface area (Å²) in [5, 5.41) is 3.21. The molecule has 1 N–H and O–H groups in total. The molecule has 3 heteroatoms. The first-order valence-corrected chi connectivity index (χ1v) is 6.13. The standard InChI is InChI=1S/C12H16BrNO/c1-8(2)11-5-9(13)3-4-12(11)15-10-6-14-7-10/h3-5,8,10,14H,6-7H2,1-2H3. The lowest BCUT2D eigenvalue weighted by molar-refractivity contribution is 0.140. The molecule has 2 rings (SSSR count). The number of halogens is 1. The Hall–Kier alpha value is -0.540. The first-order valence-electron chi connectivity index (χ1n) is 5.33. The quantitative estimate of drug-likeness (QED) is 0.911. The molecule has 1 aliphatic rings. The van der Waals surface area contributed by atoms with Gasteiger partial charge in [-0.25, -0.2) is 0 Å². The highest BCUT2D eigenvalue weighted by molar-refractivity contribution is 9.10. The van der Waals surface area contributed by atoms with Gasteiger partial charge < -0.3 is 10.1 Å². The third-order valence-corrected chi connectivity index (χ3v) is 3.12. The normalized spacial score (nSPS) is 16.5. The van der Waals surface area contributed by atoms with Crippen molar-refractivity contribution in [1.29, 1.82) is 0 Å². The Morgan fingerprint density at radius 1 is 1.40 bits per heavy atom. The van der Waals surface area contributed by atoms with Crippen LogP contribution >= 0.6 is 15.9 Å². The van der Waals surface area contributed by atoms with Crippen LogP contribution in [-0.2, 0) is 0 Å². The summed E-state index contributed by atoms with van der Waals surface area (Å²) in [7, 11) is 0. The predicted octanol–water partition coefficient (Wildman–Crippen LogP) is 2.92. The molecule has 1 aromatic rings. The van der Waals surface area contributed by atoms with Crippen molar-refractivity contribution in [3.8, 4) is 5.75 Å². The zero-order chi connectivity index (χ0) is 10.8. The highest BCUT2D eigenvalue weighted by Gasteiger charge is 2.20. The van der Waals surface area contributed by atoms with E-state index in [0.717, 1.165) is 23.3 Å². The number of ether oxygens (including phenoxy) is 1. The SMILES string of the molecule is CC(C)c1cc(Br)ccc1OC1CNC1. The molecule has 82 valence electrons. The largest absolute Gasteiger partial charge is 0.487 e. The van der Waals surface area contributed by atoms with Crippen molar-refractivity contribution in [3.63, 3.8) is 0 Å². The molecular weight excluding hydrogens is 254 g/mol. The molecule has 1 heterocycles. The van der Waals surface area contributed by atoms with Gasteiger partial charge in [0.05, 0.1) is 0 Å². The van der Waals surface area contributed by atoms with Gasteiger partial charge in [0.25, 0.3) is 0 Å². The van der Waals surface area contributed by atoms with Crippen LogP contribution in [-0.4, -0.2) is 19.2 Å². The summed E-state index contributed by atoms with van der Waals surface area (Å²) in [6.07, 6.45) is 0.351.